The number of nitrogens with two attached hydrogens (primary N) is 1. The first-order valence-corrected chi connectivity index (χ1v) is 7.09. The zero-order valence-electron chi connectivity index (χ0n) is 11.4. The third-order valence-corrected chi connectivity index (χ3v) is 4.48. The van der Waals surface area contributed by atoms with Crippen LogP contribution in [0.2, 0.25) is 0 Å². The second kappa shape index (κ2) is 4.27. The summed E-state index contributed by atoms with van der Waals surface area (Å²) in [7, 11) is 0. The van der Waals surface area contributed by atoms with Gasteiger partial charge < -0.3 is 10.5 Å². The van der Waals surface area contributed by atoms with Gasteiger partial charge in [-0.3, -0.25) is 0 Å². The van der Waals surface area contributed by atoms with Gasteiger partial charge in [-0.1, -0.05) is 24.6 Å². The monoisotopic (exact) mass is 245 g/mol. The van der Waals surface area contributed by atoms with Gasteiger partial charge in [0.2, 0.25) is 0 Å². The van der Waals surface area contributed by atoms with Crippen molar-refractivity contribution in [1.82, 2.24) is 0 Å². The molecule has 1 aromatic carbocycles. The first kappa shape index (κ1) is 12.0. The highest BCUT2D eigenvalue weighted by atomic mass is 16.5. The molecule has 0 aromatic heterocycles. The SMILES string of the molecule is Cc1ccc2c(c1)CC(CC1(N)CCC(C)C1)O2. The summed E-state index contributed by atoms with van der Waals surface area (Å²) in [6, 6.07) is 6.47. The molecule has 0 saturated heterocycles. The maximum atomic E-state index is 6.51. The number of ether oxygens (including phenoxy) is 1. The van der Waals surface area contributed by atoms with Crippen LogP contribution in [0.3, 0.4) is 0 Å². The normalized spacial score (nSPS) is 34.4. The fourth-order valence-electron chi connectivity index (χ4n) is 3.63. The molecule has 3 rings (SSSR count). The van der Waals surface area contributed by atoms with Gasteiger partial charge in [-0.2, -0.15) is 0 Å². The van der Waals surface area contributed by atoms with Crippen LogP contribution in [0.5, 0.6) is 5.75 Å². The van der Waals surface area contributed by atoms with E-state index < -0.39 is 0 Å². The van der Waals surface area contributed by atoms with Crippen LogP contribution in [-0.4, -0.2) is 11.6 Å². The van der Waals surface area contributed by atoms with Crippen molar-refractivity contribution in [3.8, 4) is 5.75 Å². The maximum Gasteiger partial charge on any atom is 0.123 e. The Balaban J connectivity index is 1.68. The Kier molecular flexibility index (Phi) is 2.86. The minimum atomic E-state index is 0.0151. The van der Waals surface area contributed by atoms with Crippen LogP contribution in [0, 0.1) is 12.8 Å². The molecular formula is C16H23NO. The summed E-state index contributed by atoms with van der Waals surface area (Å²) < 4.78 is 6.04. The van der Waals surface area contributed by atoms with Crippen LogP contribution in [0.1, 0.15) is 43.7 Å². The highest BCUT2D eigenvalue weighted by Crippen LogP contribution is 2.39. The molecular weight excluding hydrogens is 222 g/mol. The van der Waals surface area contributed by atoms with E-state index in [1.165, 1.54) is 17.5 Å². The number of fused-ring (bicyclic) bond motifs is 1. The van der Waals surface area contributed by atoms with Crippen molar-refractivity contribution in [1.29, 1.82) is 0 Å². The van der Waals surface area contributed by atoms with E-state index in [-0.39, 0.29) is 11.6 Å². The molecule has 3 atom stereocenters. The highest BCUT2D eigenvalue weighted by molar-refractivity contribution is 5.40. The minimum Gasteiger partial charge on any atom is -0.490 e. The van der Waals surface area contributed by atoms with Crippen LogP contribution in [-0.2, 0) is 6.42 Å². The van der Waals surface area contributed by atoms with E-state index in [0.29, 0.717) is 0 Å². The third-order valence-electron chi connectivity index (χ3n) is 4.48. The number of hydrogen-bond acceptors (Lipinski definition) is 2. The molecule has 2 heteroatoms. The van der Waals surface area contributed by atoms with Gasteiger partial charge in [-0.05, 0) is 43.7 Å². The van der Waals surface area contributed by atoms with Crippen LogP contribution >= 0.6 is 0 Å². The first-order chi connectivity index (χ1) is 8.54. The molecule has 3 unspecified atom stereocenters. The smallest absolute Gasteiger partial charge is 0.123 e. The Bertz CT molecular complexity index is 456. The van der Waals surface area contributed by atoms with Gasteiger partial charge >= 0.3 is 0 Å². The molecule has 1 fully saturated rings. The second-order valence-electron chi connectivity index (χ2n) is 6.47. The van der Waals surface area contributed by atoms with Crippen LogP contribution in [0.4, 0.5) is 0 Å². The predicted octanol–water partition coefficient (Wildman–Crippen LogP) is 3.21. The molecule has 18 heavy (non-hydrogen) atoms. The fraction of sp³-hybridized carbons (Fsp3) is 0.625. The number of benzene rings is 1. The van der Waals surface area contributed by atoms with Crippen molar-refractivity contribution in [2.45, 2.75) is 57.6 Å². The van der Waals surface area contributed by atoms with Gasteiger partial charge in [0.1, 0.15) is 11.9 Å². The zero-order chi connectivity index (χ0) is 12.8. The standard InChI is InChI=1S/C16H23NO/c1-11-3-4-15-13(7-11)8-14(18-15)10-16(17)6-5-12(2)9-16/h3-4,7,12,14H,5-6,8-10,17H2,1-2H3. The van der Waals surface area contributed by atoms with Crippen LogP contribution < -0.4 is 10.5 Å². The first-order valence-electron chi connectivity index (χ1n) is 7.09. The molecule has 2 nitrogen and oxygen atoms in total. The molecule has 1 aliphatic carbocycles. The lowest BCUT2D eigenvalue weighted by molar-refractivity contribution is 0.178. The number of rotatable bonds is 2. The van der Waals surface area contributed by atoms with Gasteiger partial charge in [0.05, 0.1) is 0 Å². The number of aryl methyl sites for hydroxylation is 1. The van der Waals surface area contributed by atoms with Crippen molar-refractivity contribution >= 4 is 0 Å². The van der Waals surface area contributed by atoms with Gasteiger partial charge in [-0.25, -0.2) is 0 Å². The summed E-state index contributed by atoms with van der Waals surface area (Å²) in [5.41, 5.74) is 9.20. The van der Waals surface area contributed by atoms with Gasteiger partial charge in [0.25, 0.3) is 0 Å². The predicted molar refractivity (Wildman–Crippen MR) is 73.8 cm³/mol. The Hall–Kier alpha value is -1.02. The lowest BCUT2D eigenvalue weighted by Gasteiger charge is -2.27. The van der Waals surface area contributed by atoms with Gasteiger partial charge in [0, 0.05) is 18.4 Å². The van der Waals surface area contributed by atoms with Gasteiger partial charge in [0.15, 0.2) is 0 Å². The van der Waals surface area contributed by atoms with E-state index in [1.807, 2.05) is 0 Å². The van der Waals surface area contributed by atoms with Crippen LogP contribution in [0.25, 0.3) is 0 Å². The molecule has 1 aliphatic heterocycles. The lowest BCUT2D eigenvalue weighted by Crippen LogP contribution is -2.41. The second-order valence-corrected chi connectivity index (χ2v) is 6.47. The molecule has 98 valence electrons. The van der Waals surface area contributed by atoms with Crippen molar-refractivity contribution < 1.29 is 4.74 Å². The Morgan fingerprint density at radius 1 is 1.44 bits per heavy atom. The maximum absolute atomic E-state index is 6.51. The van der Waals surface area contributed by atoms with Crippen molar-refractivity contribution in [3.63, 3.8) is 0 Å². The highest BCUT2D eigenvalue weighted by Gasteiger charge is 2.38. The Morgan fingerprint density at radius 2 is 2.28 bits per heavy atom. The summed E-state index contributed by atoms with van der Waals surface area (Å²) >= 11 is 0. The van der Waals surface area contributed by atoms with E-state index in [2.05, 4.69) is 32.0 Å². The van der Waals surface area contributed by atoms with E-state index in [1.54, 1.807) is 0 Å². The average Bonchev–Trinajstić information content (AvgIpc) is 2.81. The van der Waals surface area contributed by atoms with E-state index in [4.69, 9.17) is 10.5 Å². The summed E-state index contributed by atoms with van der Waals surface area (Å²) in [5.74, 6) is 1.85. The molecule has 1 heterocycles. The summed E-state index contributed by atoms with van der Waals surface area (Å²) in [6.07, 6.45) is 5.91. The quantitative estimate of drug-likeness (QED) is 0.868. The molecule has 0 spiro atoms. The van der Waals surface area contributed by atoms with E-state index >= 15 is 0 Å². The zero-order valence-corrected chi connectivity index (χ0v) is 11.4. The molecule has 1 aromatic rings. The number of hydrogen-bond donors (Lipinski definition) is 1. The Labute approximate surface area is 110 Å². The Morgan fingerprint density at radius 3 is 3.00 bits per heavy atom. The molecule has 0 radical (unpaired) electrons. The van der Waals surface area contributed by atoms with E-state index in [9.17, 15) is 0 Å². The molecule has 2 N–H and O–H groups in total. The van der Waals surface area contributed by atoms with E-state index in [0.717, 1.165) is 37.4 Å². The van der Waals surface area contributed by atoms with Crippen molar-refractivity contribution in [2.24, 2.45) is 11.7 Å². The third kappa shape index (κ3) is 2.26. The topological polar surface area (TPSA) is 35.2 Å². The molecule has 1 saturated carbocycles. The summed E-state index contributed by atoms with van der Waals surface area (Å²) in [5, 5.41) is 0. The lowest BCUT2D eigenvalue weighted by atomic mass is 9.89. The molecule has 2 aliphatic rings. The van der Waals surface area contributed by atoms with Crippen molar-refractivity contribution in [3.05, 3.63) is 29.3 Å². The molecule has 0 amide bonds. The van der Waals surface area contributed by atoms with Gasteiger partial charge in [-0.15, -0.1) is 0 Å². The molecule has 0 bridgehead atoms. The fourth-order valence-corrected chi connectivity index (χ4v) is 3.63. The largest absolute Gasteiger partial charge is 0.490 e. The average molecular weight is 245 g/mol. The summed E-state index contributed by atoms with van der Waals surface area (Å²) in [4.78, 5) is 0. The minimum absolute atomic E-state index is 0.0151. The van der Waals surface area contributed by atoms with Crippen molar-refractivity contribution in [2.75, 3.05) is 0 Å². The van der Waals surface area contributed by atoms with Crippen LogP contribution in [0.15, 0.2) is 18.2 Å². The summed E-state index contributed by atoms with van der Waals surface area (Å²) in [6.45, 7) is 4.44.